The highest BCUT2D eigenvalue weighted by atomic mass is 16.5. The average Bonchev–Trinajstić information content (AvgIpc) is 3.17. The summed E-state index contributed by atoms with van der Waals surface area (Å²) in [5.41, 5.74) is -0.0694. The molecule has 0 spiro atoms. The molecular formula is C30H54N2O3. The molecule has 4 aliphatic carbocycles. The van der Waals surface area contributed by atoms with E-state index in [1.165, 1.54) is 45.6 Å². The first-order chi connectivity index (χ1) is 16.5. The fraction of sp³-hybridized carbons (Fsp3) is 0.967. The van der Waals surface area contributed by atoms with Gasteiger partial charge in [0.05, 0.1) is 12.7 Å². The molecule has 5 nitrogen and oxygen atoms in total. The predicted molar refractivity (Wildman–Crippen MR) is 142 cm³/mol. The van der Waals surface area contributed by atoms with Gasteiger partial charge < -0.3 is 20.5 Å². The second-order valence-electron chi connectivity index (χ2n) is 13.7. The van der Waals surface area contributed by atoms with Gasteiger partial charge in [-0.2, -0.15) is 0 Å². The van der Waals surface area contributed by atoms with Crippen LogP contribution in [0, 0.1) is 40.4 Å². The monoisotopic (exact) mass is 490 g/mol. The van der Waals surface area contributed by atoms with E-state index >= 15 is 0 Å². The van der Waals surface area contributed by atoms with E-state index in [0.29, 0.717) is 41.7 Å². The molecule has 0 aromatic carbocycles. The third-order valence-electron chi connectivity index (χ3n) is 11.7. The molecule has 4 aliphatic rings. The Kier molecular flexibility index (Phi) is 8.30. The molecule has 202 valence electrons. The molecule has 0 radical (unpaired) electrons. The van der Waals surface area contributed by atoms with Gasteiger partial charge in [0.1, 0.15) is 0 Å². The normalized spacial score (nSPS) is 43.8. The molecule has 4 rings (SSSR count). The summed E-state index contributed by atoms with van der Waals surface area (Å²) in [5, 5.41) is 19.3. The highest BCUT2D eigenvalue weighted by molar-refractivity contribution is 5.69. The molecule has 9 atom stereocenters. The Morgan fingerprint density at radius 1 is 1.00 bits per heavy atom. The largest absolute Gasteiger partial charge is 0.469 e. The van der Waals surface area contributed by atoms with Crippen molar-refractivity contribution in [2.75, 3.05) is 20.2 Å². The summed E-state index contributed by atoms with van der Waals surface area (Å²) < 4.78 is 4.91. The number of aliphatic hydroxyl groups is 1. The van der Waals surface area contributed by atoms with Crippen molar-refractivity contribution in [2.45, 2.75) is 123 Å². The van der Waals surface area contributed by atoms with Gasteiger partial charge in [-0.1, -0.05) is 34.6 Å². The topological polar surface area (TPSA) is 70.6 Å². The zero-order chi connectivity index (χ0) is 25.4. The van der Waals surface area contributed by atoms with Crippen LogP contribution in [0.3, 0.4) is 0 Å². The minimum Gasteiger partial charge on any atom is -0.469 e. The van der Waals surface area contributed by atoms with E-state index in [1.807, 2.05) is 0 Å². The summed E-state index contributed by atoms with van der Waals surface area (Å²) in [7, 11) is 1.50. The van der Waals surface area contributed by atoms with Crippen LogP contribution in [0.5, 0.6) is 0 Å². The Bertz CT molecular complexity index is 743. The molecule has 0 aromatic heterocycles. The van der Waals surface area contributed by atoms with Crippen molar-refractivity contribution in [3.05, 3.63) is 0 Å². The Hall–Kier alpha value is -0.650. The molecule has 0 aromatic rings. The Morgan fingerprint density at radius 2 is 1.77 bits per heavy atom. The number of fused-ring (bicyclic) bond motifs is 5. The maximum atomic E-state index is 12.1. The number of carbonyl (C=O) groups excluding carboxylic acids is 1. The van der Waals surface area contributed by atoms with E-state index in [-0.39, 0.29) is 11.4 Å². The van der Waals surface area contributed by atoms with Crippen molar-refractivity contribution in [1.82, 2.24) is 10.6 Å². The maximum Gasteiger partial charge on any atom is 0.305 e. The lowest BCUT2D eigenvalue weighted by molar-refractivity contribution is -0.209. The second kappa shape index (κ2) is 10.6. The summed E-state index contributed by atoms with van der Waals surface area (Å²) in [6.45, 7) is 13.8. The minimum absolute atomic E-state index is 0.0557. The molecule has 0 amide bonds. The van der Waals surface area contributed by atoms with E-state index in [1.54, 1.807) is 0 Å². The van der Waals surface area contributed by atoms with Crippen molar-refractivity contribution in [2.24, 2.45) is 40.4 Å². The lowest BCUT2D eigenvalue weighted by Crippen LogP contribution is -2.64. The lowest BCUT2D eigenvalue weighted by atomic mass is 9.43. The first-order valence-corrected chi connectivity index (χ1v) is 14.8. The van der Waals surface area contributed by atoms with Gasteiger partial charge in [-0.25, -0.2) is 0 Å². The van der Waals surface area contributed by atoms with Crippen LogP contribution in [0.2, 0.25) is 0 Å². The zero-order valence-electron chi connectivity index (χ0n) is 23.5. The van der Waals surface area contributed by atoms with Crippen LogP contribution in [0.4, 0.5) is 0 Å². The molecule has 3 N–H and O–H groups in total. The summed E-state index contributed by atoms with van der Waals surface area (Å²) >= 11 is 0. The van der Waals surface area contributed by atoms with Gasteiger partial charge in [-0.15, -0.1) is 0 Å². The number of esters is 1. The van der Waals surface area contributed by atoms with Crippen LogP contribution < -0.4 is 10.6 Å². The van der Waals surface area contributed by atoms with Gasteiger partial charge in [-0.05, 0) is 105 Å². The predicted octanol–water partition coefficient (Wildman–Crippen LogP) is 5.31. The third-order valence-corrected chi connectivity index (χ3v) is 11.7. The van der Waals surface area contributed by atoms with Crippen molar-refractivity contribution in [3.63, 3.8) is 0 Å². The van der Waals surface area contributed by atoms with Crippen molar-refractivity contribution < 1.29 is 14.6 Å². The SMILES string of the molecule is COC(=O)CC[C@@H](C)[C@H]1CCC2C3CC[C@@]4(O)C[C@@H](NCCNC(C)C)CC[C@]4(C)C3CC[C@@]21C. The van der Waals surface area contributed by atoms with Gasteiger partial charge in [0.2, 0.25) is 0 Å². The molecule has 4 fully saturated rings. The van der Waals surface area contributed by atoms with Crippen LogP contribution in [-0.4, -0.2) is 49.0 Å². The molecular weight excluding hydrogens is 436 g/mol. The number of ether oxygens (including phenoxy) is 1. The number of nitrogens with one attached hydrogen (secondary N) is 2. The summed E-state index contributed by atoms with van der Waals surface area (Å²) in [4.78, 5) is 11.8. The Balaban J connectivity index is 1.40. The smallest absolute Gasteiger partial charge is 0.305 e. The maximum absolute atomic E-state index is 12.1. The first-order valence-electron chi connectivity index (χ1n) is 14.8. The quantitative estimate of drug-likeness (QED) is 0.302. The van der Waals surface area contributed by atoms with Crippen LogP contribution >= 0.6 is 0 Å². The molecule has 5 heteroatoms. The highest BCUT2D eigenvalue weighted by Gasteiger charge is 2.64. The zero-order valence-corrected chi connectivity index (χ0v) is 23.5. The summed E-state index contributed by atoms with van der Waals surface area (Å²) in [5.74, 6) is 3.42. The second-order valence-corrected chi connectivity index (χ2v) is 13.7. The Morgan fingerprint density at radius 3 is 2.49 bits per heavy atom. The molecule has 0 aliphatic heterocycles. The third kappa shape index (κ3) is 5.08. The number of carbonyl (C=O) groups is 1. The van der Waals surface area contributed by atoms with Gasteiger partial charge >= 0.3 is 5.97 Å². The standard InChI is InChI=1S/C30H54N2O3/c1-20(2)31-17-18-32-22-11-15-29(5)26-13-14-28(4)24(21(3)7-10-27(33)35-6)8-9-25(28)23(26)12-16-30(29,34)19-22/h20-26,31-32,34H,7-19H2,1-6H3/t21-,22+,23?,24-,25?,26?,28-,29-,30-/m1/s1. The average molecular weight is 491 g/mol. The molecule has 4 saturated carbocycles. The van der Waals surface area contributed by atoms with E-state index in [4.69, 9.17) is 4.74 Å². The highest BCUT2D eigenvalue weighted by Crippen LogP contribution is 2.69. The molecule has 3 unspecified atom stereocenters. The number of methoxy groups -OCH3 is 1. The molecule has 0 bridgehead atoms. The van der Waals surface area contributed by atoms with Gasteiger partial charge in [0, 0.05) is 31.6 Å². The van der Waals surface area contributed by atoms with Crippen LogP contribution in [0.1, 0.15) is 105 Å². The van der Waals surface area contributed by atoms with Crippen LogP contribution in [0.25, 0.3) is 0 Å². The van der Waals surface area contributed by atoms with Crippen molar-refractivity contribution in [3.8, 4) is 0 Å². The molecule has 0 saturated heterocycles. The Labute approximate surface area is 214 Å². The fourth-order valence-corrected chi connectivity index (χ4v) is 9.69. The fourth-order valence-electron chi connectivity index (χ4n) is 9.69. The van der Waals surface area contributed by atoms with Crippen molar-refractivity contribution >= 4 is 5.97 Å². The van der Waals surface area contributed by atoms with Gasteiger partial charge in [0.15, 0.2) is 0 Å². The molecule has 0 heterocycles. The van der Waals surface area contributed by atoms with E-state index in [0.717, 1.165) is 50.6 Å². The van der Waals surface area contributed by atoms with Gasteiger partial charge in [-0.3, -0.25) is 4.79 Å². The number of rotatable bonds is 9. The minimum atomic E-state index is -0.519. The lowest BCUT2D eigenvalue weighted by Gasteiger charge is -2.64. The summed E-state index contributed by atoms with van der Waals surface area (Å²) in [6, 6.07) is 0.966. The van der Waals surface area contributed by atoms with E-state index in [9.17, 15) is 9.90 Å². The number of hydrogen-bond acceptors (Lipinski definition) is 5. The van der Waals surface area contributed by atoms with Crippen LogP contribution in [0.15, 0.2) is 0 Å². The number of hydrogen-bond donors (Lipinski definition) is 3. The summed E-state index contributed by atoms with van der Waals surface area (Å²) in [6.07, 6.45) is 12.2. The van der Waals surface area contributed by atoms with E-state index < -0.39 is 5.60 Å². The van der Waals surface area contributed by atoms with E-state index in [2.05, 4.69) is 45.3 Å². The van der Waals surface area contributed by atoms with Gasteiger partial charge in [0.25, 0.3) is 0 Å². The van der Waals surface area contributed by atoms with Crippen LogP contribution in [-0.2, 0) is 9.53 Å². The van der Waals surface area contributed by atoms with Crippen molar-refractivity contribution in [1.29, 1.82) is 0 Å². The molecule has 35 heavy (non-hydrogen) atoms. The first kappa shape index (κ1) is 27.4.